The Bertz CT molecular complexity index is 779. The van der Waals surface area contributed by atoms with Gasteiger partial charge in [-0.1, -0.05) is 29.8 Å². The first-order valence-electron chi connectivity index (χ1n) is 8.60. The Morgan fingerprint density at radius 1 is 1.19 bits per heavy atom. The summed E-state index contributed by atoms with van der Waals surface area (Å²) in [6.07, 6.45) is 1.08. The molecule has 138 valence electrons. The lowest BCUT2D eigenvalue weighted by atomic mass is 10.1. The number of benzene rings is 2. The normalized spacial score (nSPS) is 13.7. The molecule has 1 heterocycles. The van der Waals surface area contributed by atoms with Crippen molar-refractivity contribution in [3.8, 4) is 11.5 Å². The van der Waals surface area contributed by atoms with E-state index in [0.29, 0.717) is 24.4 Å². The highest BCUT2D eigenvalue weighted by molar-refractivity contribution is 6.30. The summed E-state index contributed by atoms with van der Waals surface area (Å²) in [4.78, 5) is 14.3. The third-order valence-electron chi connectivity index (χ3n) is 4.43. The zero-order valence-corrected chi connectivity index (χ0v) is 15.8. The van der Waals surface area contributed by atoms with Gasteiger partial charge in [0, 0.05) is 18.0 Å². The van der Waals surface area contributed by atoms with Crippen molar-refractivity contribution in [1.29, 1.82) is 0 Å². The molecule has 1 aliphatic rings. The van der Waals surface area contributed by atoms with Crippen LogP contribution in [0.4, 0.5) is 0 Å². The highest BCUT2D eigenvalue weighted by Crippen LogP contribution is 2.32. The minimum Gasteiger partial charge on any atom is -0.454 e. The van der Waals surface area contributed by atoms with Crippen molar-refractivity contribution < 1.29 is 14.3 Å². The van der Waals surface area contributed by atoms with Crippen LogP contribution < -0.4 is 14.8 Å². The van der Waals surface area contributed by atoms with Crippen molar-refractivity contribution in [2.75, 3.05) is 27.4 Å². The molecule has 3 rings (SSSR count). The summed E-state index contributed by atoms with van der Waals surface area (Å²) >= 11 is 6.09. The number of amides is 1. The molecule has 0 saturated carbocycles. The van der Waals surface area contributed by atoms with Crippen LogP contribution in [-0.4, -0.2) is 38.2 Å². The molecule has 1 N–H and O–H groups in total. The molecule has 0 bridgehead atoms. The minimum atomic E-state index is 0.0246. The fourth-order valence-electron chi connectivity index (χ4n) is 2.97. The predicted octanol–water partition coefficient (Wildman–Crippen LogP) is 3.42. The lowest BCUT2D eigenvalue weighted by Gasteiger charge is -2.25. The van der Waals surface area contributed by atoms with Crippen LogP contribution in [0.1, 0.15) is 23.6 Å². The zero-order valence-electron chi connectivity index (χ0n) is 15.0. The third kappa shape index (κ3) is 4.68. The molecule has 1 aliphatic heterocycles. The summed E-state index contributed by atoms with van der Waals surface area (Å²) in [5.41, 5.74) is 2.14. The zero-order chi connectivity index (χ0) is 18.5. The average molecular weight is 375 g/mol. The topological polar surface area (TPSA) is 50.8 Å². The van der Waals surface area contributed by atoms with Gasteiger partial charge in [-0.2, -0.15) is 0 Å². The smallest absolute Gasteiger partial charge is 0.231 e. The van der Waals surface area contributed by atoms with Gasteiger partial charge in [-0.25, -0.2) is 0 Å². The van der Waals surface area contributed by atoms with Crippen molar-refractivity contribution in [3.05, 3.63) is 58.6 Å². The maximum Gasteiger partial charge on any atom is 0.231 e. The van der Waals surface area contributed by atoms with E-state index >= 15 is 0 Å². The SMILES string of the molecule is CN(C)C(CNC(=O)CCc1ccc2c(c1)OCO2)c1cccc(Cl)c1. The summed E-state index contributed by atoms with van der Waals surface area (Å²) in [7, 11) is 3.98. The van der Waals surface area contributed by atoms with Crippen LogP contribution in [0.2, 0.25) is 5.02 Å². The lowest BCUT2D eigenvalue weighted by Crippen LogP contribution is -2.34. The second-order valence-corrected chi connectivity index (χ2v) is 6.96. The van der Waals surface area contributed by atoms with E-state index < -0.39 is 0 Å². The van der Waals surface area contributed by atoms with Gasteiger partial charge in [0.05, 0.1) is 6.04 Å². The van der Waals surface area contributed by atoms with Crippen LogP contribution in [0.5, 0.6) is 11.5 Å². The van der Waals surface area contributed by atoms with E-state index in [0.717, 1.165) is 22.6 Å². The fraction of sp³-hybridized carbons (Fsp3) is 0.350. The molecule has 0 aliphatic carbocycles. The predicted molar refractivity (Wildman–Crippen MR) is 102 cm³/mol. The molecule has 5 nitrogen and oxygen atoms in total. The molecule has 1 atom stereocenters. The van der Waals surface area contributed by atoms with Gasteiger partial charge >= 0.3 is 0 Å². The summed E-state index contributed by atoms with van der Waals surface area (Å²) in [5.74, 6) is 1.53. The Kier molecular flexibility index (Phi) is 6.01. The summed E-state index contributed by atoms with van der Waals surface area (Å²) in [6, 6.07) is 13.6. The number of hydrogen-bond donors (Lipinski definition) is 1. The van der Waals surface area contributed by atoms with Crippen molar-refractivity contribution in [1.82, 2.24) is 10.2 Å². The maximum atomic E-state index is 12.3. The molecular formula is C20H23ClN2O3. The molecule has 2 aromatic rings. The number of hydrogen-bond acceptors (Lipinski definition) is 4. The van der Waals surface area contributed by atoms with E-state index in [-0.39, 0.29) is 18.7 Å². The highest BCUT2D eigenvalue weighted by Gasteiger charge is 2.16. The van der Waals surface area contributed by atoms with Crippen molar-refractivity contribution in [2.45, 2.75) is 18.9 Å². The van der Waals surface area contributed by atoms with E-state index in [1.807, 2.05) is 56.6 Å². The van der Waals surface area contributed by atoms with Crippen LogP contribution in [0, 0.1) is 0 Å². The number of nitrogens with one attached hydrogen (secondary N) is 1. The summed E-state index contributed by atoms with van der Waals surface area (Å²) in [5, 5.41) is 3.72. The van der Waals surface area contributed by atoms with E-state index in [1.54, 1.807) is 0 Å². The number of fused-ring (bicyclic) bond motifs is 1. The van der Waals surface area contributed by atoms with Gasteiger partial charge in [0.1, 0.15) is 0 Å². The van der Waals surface area contributed by atoms with Gasteiger partial charge in [0.2, 0.25) is 12.7 Å². The first kappa shape index (κ1) is 18.5. The van der Waals surface area contributed by atoms with E-state index in [1.165, 1.54) is 0 Å². The van der Waals surface area contributed by atoms with Gasteiger partial charge in [-0.05, 0) is 55.9 Å². The van der Waals surface area contributed by atoms with Crippen LogP contribution in [0.15, 0.2) is 42.5 Å². The van der Waals surface area contributed by atoms with E-state index in [4.69, 9.17) is 21.1 Å². The Morgan fingerprint density at radius 3 is 2.77 bits per heavy atom. The molecule has 26 heavy (non-hydrogen) atoms. The second-order valence-electron chi connectivity index (χ2n) is 6.53. The van der Waals surface area contributed by atoms with Crippen LogP contribution in [-0.2, 0) is 11.2 Å². The van der Waals surface area contributed by atoms with E-state index in [9.17, 15) is 4.79 Å². The van der Waals surface area contributed by atoms with Crippen molar-refractivity contribution >= 4 is 17.5 Å². The number of likely N-dealkylation sites (N-methyl/N-ethyl adjacent to an activating group) is 1. The van der Waals surface area contributed by atoms with E-state index in [2.05, 4.69) is 10.2 Å². The van der Waals surface area contributed by atoms with Crippen LogP contribution >= 0.6 is 11.6 Å². The largest absolute Gasteiger partial charge is 0.454 e. The number of carbonyl (C=O) groups is 1. The quantitative estimate of drug-likeness (QED) is 0.806. The minimum absolute atomic E-state index is 0.0246. The lowest BCUT2D eigenvalue weighted by molar-refractivity contribution is -0.121. The first-order valence-corrected chi connectivity index (χ1v) is 8.98. The Labute approximate surface area is 158 Å². The summed E-state index contributed by atoms with van der Waals surface area (Å²) < 4.78 is 10.7. The van der Waals surface area contributed by atoms with Gasteiger partial charge in [-0.15, -0.1) is 0 Å². The van der Waals surface area contributed by atoms with Gasteiger partial charge < -0.3 is 19.7 Å². The molecule has 1 unspecified atom stereocenters. The van der Waals surface area contributed by atoms with Crippen LogP contribution in [0.3, 0.4) is 0 Å². The molecule has 0 fully saturated rings. The average Bonchev–Trinajstić information content (AvgIpc) is 3.07. The Morgan fingerprint density at radius 2 is 2.00 bits per heavy atom. The van der Waals surface area contributed by atoms with Crippen molar-refractivity contribution in [2.24, 2.45) is 0 Å². The molecule has 0 aromatic heterocycles. The van der Waals surface area contributed by atoms with Crippen molar-refractivity contribution in [3.63, 3.8) is 0 Å². The summed E-state index contributed by atoms with van der Waals surface area (Å²) in [6.45, 7) is 0.794. The fourth-order valence-corrected chi connectivity index (χ4v) is 3.16. The molecule has 1 amide bonds. The highest BCUT2D eigenvalue weighted by atomic mass is 35.5. The van der Waals surface area contributed by atoms with Crippen LogP contribution in [0.25, 0.3) is 0 Å². The van der Waals surface area contributed by atoms with Gasteiger partial charge in [0.15, 0.2) is 11.5 Å². The molecule has 2 aromatic carbocycles. The molecule has 0 radical (unpaired) electrons. The van der Waals surface area contributed by atoms with Gasteiger partial charge in [-0.3, -0.25) is 4.79 Å². The number of aryl methyl sites for hydroxylation is 1. The number of rotatable bonds is 7. The monoisotopic (exact) mass is 374 g/mol. The molecule has 0 saturated heterocycles. The number of halogens is 1. The maximum absolute atomic E-state index is 12.3. The number of ether oxygens (including phenoxy) is 2. The molecular weight excluding hydrogens is 352 g/mol. The van der Waals surface area contributed by atoms with Gasteiger partial charge in [0.25, 0.3) is 0 Å². The number of carbonyl (C=O) groups excluding carboxylic acids is 1. The molecule has 6 heteroatoms. The third-order valence-corrected chi connectivity index (χ3v) is 4.66. The standard InChI is InChI=1S/C20H23ClN2O3/c1-23(2)17(15-4-3-5-16(21)11-15)12-22-20(24)9-7-14-6-8-18-19(10-14)26-13-25-18/h3-6,8,10-11,17H,7,9,12-13H2,1-2H3,(H,22,24). The first-order chi connectivity index (χ1) is 12.5. The number of nitrogens with zero attached hydrogens (tertiary/aromatic N) is 1. The second kappa shape index (κ2) is 8.43. The molecule has 0 spiro atoms. The Hall–Kier alpha value is -2.24. The Balaban J connectivity index is 1.52.